The monoisotopic (exact) mass is 297 g/mol. The number of rotatable bonds is 9. The second-order valence-electron chi connectivity index (χ2n) is 5.87. The number of hydrogen-bond acceptors (Lipinski definition) is 3. The highest BCUT2D eigenvalue weighted by atomic mass is 16.5. The zero-order chi connectivity index (χ0) is 15.7. The minimum absolute atomic E-state index is 0.0385. The Labute approximate surface area is 126 Å². The van der Waals surface area contributed by atoms with Crippen molar-refractivity contribution >= 4 is 11.9 Å². The van der Waals surface area contributed by atoms with Gasteiger partial charge in [-0.2, -0.15) is 0 Å². The van der Waals surface area contributed by atoms with Crippen LogP contribution in [0.2, 0.25) is 0 Å². The highest BCUT2D eigenvalue weighted by molar-refractivity contribution is 5.84. The van der Waals surface area contributed by atoms with Gasteiger partial charge in [0.15, 0.2) is 6.04 Å². The first kappa shape index (κ1) is 17.7. The third kappa shape index (κ3) is 6.76. The maximum atomic E-state index is 12.1. The summed E-state index contributed by atoms with van der Waals surface area (Å²) < 4.78 is 5.12. The number of carboxylic acids is 1. The zero-order valence-electron chi connectivity index (χ0n) is 12.8. The van der Waals surface area contributed by atoms with E-state index in [0.717, 1.165) is 6.42 Å². The van der Waals surface area contributed by atoms with Gasteiger partial charge in [0.25, 0.3) is 0 Å². The Bertz CT molecular complexity index is 350. The van der Waals surface area contributed by atoms with Crippen LogP contribution in [0.25, 0.3) is 0 Å². The van der Waals surface area contributed by atoms with Crippen molar-refractivity contribution in [3.8, 4) is 0 Å². The number of ether oxygens (including phenoxy) is 1. The number of carboxylic acid groups (broad SMARTS) is 1. The van der Waals surface area contributed by atoms with Crippen LogP contribution in [0.3, 0.4) is 0 Å². The summed E-state index contributed by atoms with van der Waals surface area (Å²) in [6.07, 6.45) is 8.53. The van der Waals surface area contributed by atoms with Crippen molar-refractivity contribution in [1.82, 2.24) is 5.32 Å². The minimum Gasteiger partial charge on any atom is -0.480 e. The summed E-state index contributed by atoms with van der Waals surface area (Å²) >= 11 is 0. The third-order valence-electron chi connectivity index (χ3n) is 3.99. The fraction of sp³-hybridized carbons (Fsp3) is 0.750. The van der Waals surface area contributed by atoms with E-state index in [-0.39, 0.29) is 25.0 Å². The molecule has 2 atom stereocenters. The standard InChI is InChI=1S/C16H27NO4/c1-3-9-21-11-14(16(19)20)17-15(18)12(2)10-13-7-5-4-6-8-13/h3,12-14H,1,4-11H2,2H3,(H,17,18)(H,19,20). The Balaban J connectivity index is 2.39. The van der Waals surface area contributed by atoms with Crippen molar-refractivity contribution in [2.45, 2.75) is 51.5 Å². The van der Waals surface area contributed by atoms with Gasteiger partial charge in [0, 0.05) is 5.92 Å². The number of hydrogen-bond donors (Lipinski definition) is 2. The fourth-order valence-corrected chi connectivity index (χ4v) is 2.79. The van der Waals surface area contributed by atoms with Crippen LogP contribution >= 0.6 is 0 Å². The van der Waals surface area contributed by atoms with Crippen molar-refractivity contribution in [3.63, 3.8) is 0 Å². The molecule has 0 aliphatic heterocycles. The lowest BCUT2D eigenvalue weighted by atomic mass is 9.83. The van der Waals surface area contributed by atoms with Gasteiger partial charge in [0.05, 0.1) is 13.2 Å². The molecule has 1 aliphatic carbocycles. The Morgan fingerprint density at radius 2 is 2.05 bits per heavy atom. The molecule has 0 heterocycles. The van der Waals surface area contributed by atoms with Crippen molar-refractivity contribution in [2.24, 2.45) is 11.8 Å². The number of aliphatic carboxylic acids is 1. The van der Waals surface area contributed by atoms with Gasteiger partial charge >= 0.3 is 5.97 Å². The molecular weight excluding hydrogens is 270 g/mol. The van der Waals surface area contributed by atoms with E-state index in [1.54, 1.807) is 6.08 Å². The first-order chi connectivity index (χ1) is 10.0. The SMILES string of the molecule is C=CCOCC(NC(=O)C(C)CC1CCCCC1)C(=O)O. The molecule has 1 fully saturated rings. The first-order valence-electron chi connectivity index (χ1n) is 7.76. The second kappa shape index (κ2) is 9.55. The average molecular weight is 297 g/mol. The van der Waals surface area contributed by atoms with Crippen LogP contribution in [0.4, 0.5) is 0 Å². The largest absolute Gasteiger partial charge is 0.480 e. The van der Waals surface area contributed by atoms with Crippen LogP contribution in [0.1, 0.15) is 45.4 Å². The van der Waals surface area contributed by atoms with Gasteiger partial charge in [-0.15, -0.1) is 6.58 Å². The first-order valence-corrected chi connectivity index (χ1v) is 7.76. The lowest BCUT2D eigenvalue weighted by Crippen LogP contribution is -2.46. The Morgan fingerprint density at radius 3 is 2.62 bits per heavy atom. The maximum Gasteiger partial charge on any atom is 0.328 e. The molecule has 5 nitrogen and oxygen atoms in total. The molecule has 1 amide bonds. The minimum atomic E-state index is -1.07. The lowest BCUT2D eigenvalue weighted by Gasteiger charge is -2.25. The van der Waals surface area contributed by atoms with Gasteiger partial charge in [-0.05, 0) is 12.3 Å². The van der Waals surface area contributed by atoms with E-state index in [1.165, 1.54) is 32.1 Å². The van der Waals surface area contributed by atoms with Crippen molar-refractivity contribution in [3.05, 3.63) is 12.7 Å². The third-order valence-corrected chi connectivity index (χ3v) is 3.99. The molecule has 1 rings (SSSR count). The number of carbonyl (C=O) groups excluding carboxylic acids is 1. The molecule has 0 aromatic rings. The molecule has 120 valence electrons. The normalized spacial score (nSPS) is 18.7. The molecule has 2 N–H and O–H groups in total. The highest BCUT2D eigenvalue weighted by Crippen LogP contribution is 2.29. The second-order valence-corrected chi connectivity index (χ2v) is 5.87. The molecule has 1 saturated carbocycles. The van der Waals surface area contributed by atoms with E-state index in [4.69, 9.17) is 9.84 Å². The molecule has 5 heteroatoms. The van der Waals surface area contributed by atoms with E-state index in [9.17, 15) is 9.59 Å². The fourth-order valence-electron chi connectivity index (χ4n) is 2.79. The number of amides is 1. The van der Waals surface area contributed by atoms with Crippen LogP contribution in [0, 0.1) is 11.8 Å². The van der Waals surface area contributed by atoms with Gasteiger partial charge in [0.1, 0.15) is 0 Å². The van der Waals surface area contributed by atoms with Crippen molar-refractivity contribution in [1.29, 1.82) is 0 Å². The van der Waals surface area contributed by atoms with E-state index in [0.29, 0.717) is 5.92 Å². The van der Waals surface area contributed by atoms with Gasteiger partial charge < -0.3 is 15.2 Å². The van der Waals surface area contributed by atoms with E-state index in [2.05, 4.69) is 11.9 Å². The summed E-state index contributed by atoms with van der Waals surface area (Å²) in [6.45, 7) is 5.60. The molecule has 1 aliphatic rings. The van der Waals surface area contributed by atoms with E-state index >= 15 is 0 Å². The van der Waals surface area contributed by atoms with Crippen LogP contribution in [-0.2, 0) is 14.3 Å². The number of nitrogens with one attached hydrogen (secondary N) is 1. The molecule has 21 heavy (non-hydrogen) atoms. The highest BCUT2D eigenvalue weighted by Gasteiger charge is 2.25. The molecule has 0 saturated heterocycles. The Morgan fingerprint density at radius 1 is 1.38 bits per heavy atom. The molecule has 2 unspecified atom stereocenters. The molecule has 0 aromatic heterocycles. The summed E-state index contributed by atoms with van der Waals surface area (Å²) in [6, 6.07) is -0.994. The van der Waals surface area contributed by atoms with Crippen LogP contribution in [0.5, 0.6) is 0 Å². The van der Waals surface area contributed by atoms with Gasteiger partial charge in [0.2, 0.25) is 5.91 Å². The predicted octanol–water partition coefficient (Wildman–Crippen LogP) is 2.36. The average Bonchev–Trinajstić information content (AvgIpc) is 2.47. The van der Waals surface area contributed by atoms with E-state index in [1.807, 2.05) is 6.92 Å². The van der Waals surface area contributed by atoms with Gasteiger partial charge in [-0.1, -0.05) is 45.1 Å². The van der Waals surface area contributed by atoms with Crippen LogP contribution in [-0.4, -0.2) is 36.2 Å². The maximum absolute atomic E-state index is 12.1. The Kier molecular flexibility index (Phi) is 8.05. The number of carbonyl (C=O) groups is 2. The summed E-state index contributed by atoms with van der Waals surface area (Å²) in [7, 11) is 0. The van der Waals surface area contributed by atoms with Crippen LogP contribution < -0.4 is 5.32 Å². The Hall–Kier alpha value is -1.36. The predicted molar refractivity (Wildman–Crippen MR) is 80.9 cm³/mol. The van der Waals surface area contributed by atoms with E-state index < -0.39 is 12.0 Å². The molecular formula is C16H27NO4. The van der Waals surface area contributed by atoms with Crippen molar-refractivity contribution in [2.75, 3.05) is 13.2 Å². The molecule has 0 bridgehead atoms. The molecule has 0 aromatic carbocycles. The molecule has 0 radical (unpaired) electrons. The zero-order valence-corrected chi connectivity index (χ0v) is 12.8. The van der Waals surface area contributed by atoms with Crippen LogP contribution in [0.15, 0.2) is 12.7 Å². The van der Waals surface area contributed by atoms with Crippen molar-refractivity contribution < 1.29 is 19.4 Å². The summed E-state index contributed by atoms with van der Waals surface area (Å²) in [5.41, 5.74) is 0. The smallest absolute Gasteiger partial charge is 0.328 e. The topological polar surface area (TPSA) is 75.6 Å². The molecule has 0 spiro atoms. The summed E-state index contributed by atoms with van der Waals surface area (Å²) in [4.78, 5) is 23.2. The van der Waals surface area contributed by atoms with Gasteiger partial charge in [-0.3, -0.25) is 4.79 Å². The van der Waals surface area contributed by atoms with Gasteiger partial charge in [-0.25, -0.2) is 4.79 Å². The quantitative estimate of drug-likeness (QED) is 0.506. The lowest BCUT2D eigenvalue weighted by molar-refractivity contribution is -0.144. The summed E-state index contributed by atoms with van der Waals surface area (Å²) in [5.74, 6) is -0.832. The summed E-state index contributed by atoms with van der Waals surface area (Å²) in [5, 5.41) is 11.7.